The molecule has 35 heavy (non-hydrogen) atoms. The van der Waals surface area contributed by atoms with Gasteiger partial charge in [0.05, 0.1) is 26.4 Å². The Morgan fingerprint density at radius 1 is 0.771 bits per heavy atom. The van der Waals surface area contributed by atoms with Crippen molar-refractivity contribution in [2.45, 2.75) is 66.0 Å². The van der Waals surface area contributed by atoms with Gasteiger partial charge in [-0.15, -0.1) is 0 Å². The van der Waals surface area contributed by atoms with Crippen LogP contribution in [-0.4, -0.2) is 172 Å². The summed E-state index contributed by atoms with van der Waals surface area (Å²) < 4.78 is 15.5. The second-order valence-corrected chi connectivity index (χ2v) is 8.13. The molecule has 17 heteroatoms. The summed E-state index contributed by atoms with van der Waals surface area (Å²) in [6, 6.07) is 0. The van der Waals surface area contributed by atoms with E-state index in [2.05, 4.69) is 0 Å². The number of carbonyl (C=O) groups excluding carboxylic acids is 2. The highest BCUT2D eigenvalue weighted by Crippen LogP contribution is 2.47. The molecule has 0 aromatic carbocycles. The van der Waals surface area contributed by atoms with Crippen LogP contribution in [0.15, 0.2) is 0 Å². The standard InChI is InChI=1S/C18H30O17/c19-1-6(24)12(28)17(32)15(31)11(27)9(4-22)34-18(17,13(29)7(25)2-20)35-16(5-23)14(30)10(26)8(3-21)33-16/h6-11,14-15,19-27,30-32H,1-5H2/t6?,7?,8-,9-,10-,11-,14+,15+,16?,17-,18+/m1/s1. The van der Waals surface area contributed by atoms with Gasteiger partial charge in [-0.1, -0.05) is 0 Å². The molecule has 0 saturated carbocycles. The smallest absolute Gasteiger partial charge is 0.275 e. The van der Waals surface area contributed by atoms with Crippen molar-refractivity contribution >= 4 is 11.6 Å². The second kappa shape index (κ2) is 11.0. The van der Waals surface area contributed by atoms with E-state index in [4.69, 9.17) is 14.2 Å². The SMILES string of the molecule is O=C(C(O)CO)[C@@]1(OC2(CO)O[C@H](CO)[C@@H](O)[C@@H]2O)O[C@H](CO)[C@@H](O)[C@H](O)[C@]1(O)C(=O)C(O)CO. The van der Waals surface area contributed by atoms with Gasteiger partial charge in [0.25, 0.3) is 5.79 Å². The predicted molar refractivity (Wildman–Crippen MR) is 103 cm³/mol. The molecule has 204 valence electrons. The van der Waals surface area contributed by atoms with Crippen molar-refractivity contribution in [1.29, 1.82) is 0 Å². The molecule has 0 spiro atoms. The number of aliphatic hydroxyl groups excluding tert-OH is 11. The van der Waals surface area contributed by atoms with Gasteiger partial charge in [-0.3, -0.25) is 9.59 Å². The van der Waals surface area contributed by atoms with Crippen molar-refractivity contribution in [3.63, 3.8) is 0 Å². The summed E-state index contributed by atoms with van der Waals surface area (Å²) >= 11 is 0. The summed E-state index contributed by atoms with van der Waals surface area (Å²) in [5.74, 6) is -11.0. The van der Waals surface area contributed by atoms with E-state index in [1.807, 2.05) is 0 Å². The van der Waals surface area contributed by atoms with Gasteiger partial charge in [-0.25, -0.2) is 0 Å². The maximum atomic E-state index is 13.3. The molecule has 2 aliphatic heterocycles. The fourth-order valence-electron chi connectivity index (χ4n) is 4.00. The first-order valence-corrected chi connectivity index (χ1v) is 10.3. The summed E-state index contributed by atoms with van der Waals surface area (Å²) in [5.41, 5.74) is -3.99. The number of hydrogen-bond donors (Lipinski definition) is 12. The van der Waals surface area contributed by atoms with E-state index >= 15 is 0 Å². The van der Waals surface area contributed by atoms with E-state index in [0.717, 1.165) is 0 Å². The average molecular weight is 518 g/mol. The van der Waals surface area contributed by atoms with Crippen molar-refractivity contribution in [3.05, 3.63) is 0 Å². The highest BCUT2D eigenvalue weighted by Gasteiger charge is 2.76. The molecule has 17 nitrogen and oxygen atoms in total. The van der Waals surface area contributed by atoms with Crippen molar-refractivity contribution in [2.75, 3.05) is 33.0 Å². The van der Waals surface area contributed by atoms with Gasteiger partial charge >= 0.3 is 0 Å². The maximum Gasteiger partial charge on any atom is 0.275 e. The summed E-state index contributed by atoms with van der Waals surface area (Å²) in [6.07, 6.45) is -18.7. The van der Waals surface area contributed by atoms with Crippen LogP contribution < -0.4 is 0 Å². The molecule has 0 radical (unpaired) electrons. The number of Topliss-reactive ketones (excluding diaryl/α,β-unsaturated/α-hetero) is 2. The zero-order chi connectivity index (χ0) is 26.9. The Labute approximate surface area is 196 Å². The molecule has 0 amide bonds. The van der Waals surface area contributed by atoms with Gasteiger partial charge in [0.1, 0.15) is 55.4 Å². The summed E-state index contributed by atoms with van der Waals surface area (Å²) in [5, 5.41) is 120. The summed E-state index contributed by atoms with van der Waals surface area (Å²) in [7, 11) is 0. The van der Waals surface area contributed by atoms with Gasteiger partial charge in [0, 0.05) is 0 Å². The normalized spacial score (nSPS) is 43.7. The van der Waals surface area contributed by atoms with E-state index in [9.17, 15) is 70.9 Å². The molecule has 12 N–H and O–H groups in total. The van der Waals surface area contributed by atoms with Crippen LogP contribution in [0, 0.1) is 0 Å². The van der Waals surface area contributed by atoms with Crippen LogP contribution in [0.3, 0.4) is 0 Å². The minimum atomic E-state index is -3.99. The average Bonchev–Trinajstić information content (AvgIpc) is 3.11. The lowest BCUT2D eigenvalue weighted by molar-refractivity contribution is -0.433. The molecule has 2 heterocycles. The molecule has 0 aromatic rings. The van der Waals surface area contributed by atoms with E-state index in [-0.39, 0.29) is 0 Å². The van der Waals surface area contributed by atoms with Gasteiger partial charge in [-0.05, 0) is 0 Å². The first-order valence-electron chi connectivity index (χ1n) is 10.3. The molecule has 2 aliphatic rings. The molecule has 11 atom stereocenters. The van der Waals surface area contributed by atoms with Gasteiger partial charge in [0.15, 0.2) is 0 Å². The third kappa shape index (κ3) is 4.52. The Kier molecular flexibility index (Phi) is 9.42. The van der Waals surface area contributed by atoms with E-state index < -0.39 is 111 Å². The Morgan fingerprint density at radius 3 is 1.66 bits per heavy atom. The fraction of sp³-hybridized carbons (Fsp3) is 0.889. The zero-order valence-corrected chi connectivity index (χ0v) is 18.1. The summed E-state index contributed by atoms with van der Waals surface area (Å²) in [6.45, 7) is -6.60. The maximum absolute atomic E-state index is 13.3. The van der Waals surface area contributed by atoms with E-state index in [1.165, 1.54) is 0 Å². The first kappa shape index (κ1) is 30.0. The highest BCUT2D eigenvalue weighted by molar-refractivity contribution is 6.02. The fourth-order valence-corrected chi connectivity index (χ4v) is 4.00. The van der Waals surface area contributed by atoms with Crippen LogP contribution in [0.2, 0.25) is 0 Å². The topological polar surface area (TPSA) is 305 Å². The Bertz CT molecular complexity index is 765. The summed E-state index contributed by atoms with van der Waals surface area (Å²) in [4.78, 5) is 26.2. The monoisotopic (exact) mass is 518 g/mol. The van der Waals surface area contributed by atoms with Crippen LogP contribution in [-0.2, 0) is 23.8 Å². The number of aliphatic hydroxyl groups is 12. The van der Waals surface area contributed by atoms with E-state index in [1.54, 1.807) is 0 Å². The quantitative estimate of drug-likeness (QED) is 0.121. The number of ether oxygens (including phenoxy) is 3. The van der Waals surface area contributed by atoms with Gasteiger partial charge < -0.3 is 75.5 Å². The molecule has 0 aromatic heterocycles. The van der Waals surface area contributed by atoms with Crippen molar-refractivity contribution in [2.24, 2.45) is 0 Å². The Hall–Kier alpha value is -1.26. The van der Waals surface area contributed by atoms with Crippen LogP contribution in [0.5, 0.6) is 0 Å². The molecule has 2 saturated heterocycles. The lowest BCUT2D eigenvalue weighted by Gasteiger charge is -2.55. The first-order chi connectivity index (χ1) is 16.3. The van der Waals surface area contributed by atoms with Gasteiger partial charge in [-0.2, -0.15) is 0 Å². The van der Waals surface area contributed by atoms with E-state index in [0.29, 0.717) is 0 Å². The molecule has 2 fully saturated rings. The predicted octanol–water partition coefficient (Wildman–Crippen LogP) is -8.81. The van der Waals surface area contributed by atoms with Crippen LogP contribution in [0.1, 0.15) is 0 Å². The number of ketones is 2. The highest BCUT2D eigenvalue weighted by atomic mass is 16.8. The molecule has 2 rings (SSSR count). The number of rotatable bonds is 11. The third-order valence-corrected chi connectivity index (χ3v) is 6.01. The third-order valence-electron chi connectivity index (χ3n) is 6.01. The van der Waals surface area contributed by atoms with Gasteiger partial charge in [0.2, 0.25) is 23.0 Å². The molecule has 0 aliphatic carbocycles. The van der Waals surface area contributed by atoms with Crippen LogP contribution in [0.25, 0.3) is 0 Å². The lowest BCUT2D eigenvalue weighted by atomic mass is 9.72. The molecule has 0 bridgehead atoms. The Morgan fingerprint density at radius 2 is 1.23 bits per heavy atom. The minimum Gasteiger partial charge on any atom is -0.394 e. The molecule has 3 unspecified atom stereocenters. The lowest BCUT2D eigenvalue weighted by Crippen LogP contribution is -2.83. The Balaban J connectivity index is 2.86. The molecular formula is C18H30O17. The van der Waals surface area contributed by atoms with Crippen molar-refractivity contribution < 1.29 is 85.1 Å². The zero-order valence-electron chi connectivity index (χ0n) is 18.1. The van der Waals surface area contributed by atoms with Crippen LogP contribution in [0.4, 0.5) is 0 Å². The number of carbonyl (C=O) groups is 2. The second-order valence-electron chi connectivity index (χ2n) is 8.13. The van der Waals surface area contributed by atoms with Crippen molar-refractivity contribution in [1.82, 2.24) is 0 Å². The molecular weight excluding hydrogens is 488 g/mol. The van der Waals surface area contributed by atoms with Crippen molar-refractivity contribution in [3.8, 4) is 0 Å². The minimum absolute atomic E-state index is 1.00. The largest absolute Gasteiger partial charge is 0.394 e. The number of hydrogen-bond acceptors (Lipinski definition) is 17. The van der Waals surface area contributed by atoms with Crippen LogP contribution >= 0.6 is 0 Å².